The lowest BCUT2D eigenvalue weighted by atomic mass is 10.0. The van der Waals surface area contributed by atoms with Crippen LogP contribution in [0.15, 0.2) is 48.5 Å². The summed E-state index contributed by atoms with van der Waals surface area (Å²) in [6, 6.07) is 14.4. The predicted octanol–water partition coefficient (Wildman–Crippen LogP) is 5.28. The van der Waals surface area contributed by atoms with E-state index in [1.807, 2.05) is 24.3 Å². The van der Waals surface area contributed by atoms with Gasteiger partial charge >= 0.3 is 5.97 Å². The molecule has 7 heteroatoms. The number of carboxylic acid groups (broad SMARTS) is 1. The van der Waals surface area contributed by atoms with Crippen molar-refractivity contribution in [1.29, 1.82) is 0 Å². The molecule has 0 bridgehead atoms. The first-order valence-electron chi connectivity index (χ1n) is 6.51. The van der Waals surface area contributed by atoms with Crippen LogP contribution in [0, 0.1) is 0 Å². The Kier molecular flexibility index (Phi) is 6.53. The second-order valence-corrected chi connectivity index (χ2v) is 7.11. The average molecular weight is 369 g/mol. The highest BCUT2D eigenvalue weighted by Crippen LogP contribution is 2.34. The number of carbonyl (C=O) groups is 2. The van der Waals surface area contributed by atoms with Crippen LogP contribution >= 0.6 is 35.4 Å². The van der Waals surface area contributed by atoms with Crippen LogP contribution in [0.25, 0.3) is 11.1 Å². The quantitative estimate of drug-likeness (QED) is 0.724. The van der Waals surface area contributed by atoms with E-state index in [0.717, 1.165) is 11.1 Å². The number of benzene rings is 2. The minimum atomic E-state index is -1.07. The molecule has 0 radical (unpaired) electrons. The highest BCUT2D eigenvalue weighted by molar-refractivity contribution is 8.37. The minimum Gasteiger partial charge on any atom is -0.480 e. The van der Waals surface area contributed by atoms with Gasteiger partial charge in [-0.1, -0.05) is 59.8 Å². The van der Waals surface area contributed by atoms with Crippen molar-refractivity contribution in [2.75, 3.05) is 7.11 Å². The number of carboxylic acids is 1. The maximum absolute atomic E-state index is 11.6. The zero-order valence-electron chi connectivity index (χ0n) is 12.1. The zero-order valence-corrected chi connectivity index (χ0v) is 14.5. The molecule has 0 aliphatic heterocycles. The van der Waals surface area contributed by atoms with Crippen molar-refractivity contribution in [2.45, 2.75) is 5.25 Å². The molecule has 2 aromatic rings. The van der Waals surface area contributed by atoms with E-state index >= 15 is 0 Å². The van der Waals surface area contributed by atoms with E-state index in [1.165, 1.54) is 7.11 Å². The first kappa shape index (κ1) is 17.9. The van der Waals surface area contributed by atoms with Gasteiger partial charge in [0, 0.05) is 5.02 Å². The minimum absolute atomic E-state index is 0.401. The Morgan fingerprint density at radius 2 is 1.57 bits per heavy atom. The highest BCUT2D eigenvalue weighted by atomic mass is 35.5. The number of hydrogen-bond donors (Lipinski definition) is 1. The van der Waals surface area contributed by atoms with Crippen LogP contribution in [0.5, 0.6) is 0 Å². The fourth-order valence-electron chi connectivity index (χ4n) is 1.94. The molecule has 1 unspecified atom stereocenters. The van der Waals surface area contributed by atoms with E-state index in [9.17, 15) is 14.7 Å². The molecule has 0 aliphatic carbocycles. The molecule has 120 valence electrons. The lowest BCUT2D eigenvalue weighted by Crippen LogP contribution is -2.09. The van der Waals surface area contributed by atoms with Crippen molar-refractivity contribution in [2.24, 2.45) is 0 Å². The van der Waals surface area contributed by atoms with E-state index in [2.05, 4.69) is 4.18 Å². The molecule has 0 heterocycles. The van der Waals surface area contributed by atoms with Gasteiger partial charge < -0.3 is 9.29 Å². The number of aliphatic carboxylic acids is 1. The van der Waals surface area contributed by atoms with Crippen LogP contribution in [0.1, 0.15) is 10.8 Å². The third kappa shape index (κ3) is 5.00. The summed E-state index contributed by atoms with van der Waals surface area (Å²) in [6.45, 7) is 0. The molecule has 2 aromatic carbocycles. The first-order chi connectivity index (χ1) is 11.0. The van der Waals surface area contributed by atoms with E-state index < -0.39 is 15.7 Å². The van der Waals surface area contributed by atoms with Gasteiger partial charge in [-0.15, -0.1) is 0 Å². The van der Waals surface area contributed by atoms with Crippen molar-refractivity contribution >= 4 is 45.8 Å². The van der Waals surface area contributed by atoms with Crippen LogP contribution in [-0.2, 0) is 8.98 Å². The standard InChI is InChI=1S/C16H13ClO4S2/c1-21-23-16(20)22-14(15(18)19)12-4-2-10(3-5-12)11-6-8-13(17)9-7-11/h2-9,14H,1H3,(H,18,19). The predicted molar refractivity (Wildman–Crippen MR) is 94.9 cm³/mol. The summed E-state index contributed by atoms with van der Waals surface area (Å²) in [6.07, 6.45) is 0. The van der Waals surface area contributed by atoms with E-state index in [1.54, 1.807) is 24.3 Å². The van der Waals surface area contributed by atoms with Gasteiger partial charge in [0.15, 0.2) is 0 Å². The first-order valence-corrected chi connectivity index (χ1v) is 8.51. The van der Waals surface area contributed by atoms with Gasteiger partial charge in [0.05, 0.1) is 19.2 Å². The smallest absolute Gasteiger partial charge is 0.321 e. The molecule has 0 amide bonds. The molecular weight excluding hydrogens is 356 g/mol. The second-order valence-electron chi connectivity index (χ2n) is 4.47. The monoisotopic (exact) mass is 368 g/mol. The Labute approximate surface area is 147 Å². The lowest BCUT2D eigenvalue weighted by Gasteiger charge is -2.11. The van der Waals surface area contributed by atoms with Gasteiger partial charge in [-0.2, -0.15) is 0 Å². The molecule has 0 saturated heterocycles. The van der Waals surface area contributed by atoms with Crippen LogP contribution < -0.4 is 0 Å². The third-order valence-electron chi connectivity index (χ3n) is 2.98. The van der Waals surface area contributed by atoms with Crippen molar-refractivity contribution in [3.8, 4) is 11.1 Å². The SMILES string of the molecule is COSC(=O)SC(C(=O)O)c1ccc(-c2ccc(Cl)cc2)cc1. The van der Waals surface area contributed by atoms with E-state index in [0.29, 0.717) is 34.4 Å². The topological polar surface area (TPSA) is 63.6 Å². The summed E-state index contributed by atoms with van der Waals surface area (Å²) < 4.78 is 4.25. The fourth-order valence-corrected chi connectivity index (χ4v) is 3.44. The summed E-state index contributed by atoms with van der Waals surface area (Å²) >= 11 is 7.20. The molecule has 4 nitrogen and oxygen atoms in total. The summed E-state index contributed by atoms with van der Waals surface area (Å²) in [5.41, 5.74) is 2.47. The number of rotatable bonds is 5. The molecule has 2 rings (SSSR count). The molecule has 0 saturated carbocycles. The van der Waals surface area contributed by atoms with Crippen molar-refractivity contribution < 1.29 is 18.9 Å². The summed E-state index contributed by atoms with van der Waals surface area (Å²) in [5.74, 6) is -1.07. The summed E-state index contributed by atoms with van der Waals surface area (Å²) in [5, 5.41) is 9.01. The molecular formula is C16H13ClO4S2. The highest BCUT2D eigenvalue weighted by Gasteiger charge is 2.24. The van der Waals surface area contributed by atoms with Crippen molar-refractivity contribution in [1.82, 2.24) is 0 Å². The maximum Gasteiger partial charge on any atom is 0.321 e. The fraction of sp³-hybridized carbons (Fsp3) is 0.125. The van der Waals surface area contributed by atoms with E-state index in [4.69, 9.17) is 11.6 Å². The van der Waals surface area contributed by atoms with Crippen molar-refractivity contribution in [3.63, 3.8) is 0 Å². The van der Waals surface area contributed by atoms with Gasteiger partial charge in [-0.25, -0.2) is 0 Å². The van der Waals surface area contributed by atoms with Gasteiger partial charge in [-0.3, -0.25) is 9.59 Å². The Morgan fingerprint density at radius 3 is 2.04 bits per heavy atom. The Bertz CT molecular complexity index is 686. The molecule has 0 spiro atoms. The van der Waals surface area contributed by atoms with Crippen LogP contribution in [0.2, 0.25) is 5.02 Å². The second kappa shape index (κ2) is 8.40. The molecule has 0 fully saturated rings. The van der Waals surface area contributed by atoms with Crippen molar-refractivity contribution in [3.05, 3.63) is 59.1 Å². The van der Waals surface area contributed by atoms with Gasteiger partial charge in [0.2, 0.25) is 0 Å². The Morgan fingerprint density at radius 1 is 1.04 bits per heavy atom. The Balaban J connectivity index is 2.20. The summed E-state index contributed by atoms with van der Waals surface area (Å²) in [7, 11) is 1.36. The lowest BCUT2D eigenvalue weighted by molar-refractivity contribution is -0.136. The maximum atomic E-state index is 11.6. The molecule has 23 heavy (non-hydrogen) atoms. The third-order valence-corrected chi connectivity index (χ3v) is 4.93. The van der Waals surface area contributed by atoms with E-state index in [-0.39, 0.29) is 0 Å². The van der Waals surface area contributed by atoms with Crippen LogP contribution in [0.3, 0.4) is 0 Å². The average Bonchev–Trinajstić information content (AvgIpc) is 2.54. The van der Waals surface area contributed by atoms with Gasteiger partial charge in [0.1, 0.15) is 5.25 Å². The Hall–Kier alpha value is -1.47. The van der Waals surface area contributed by atoms with Crippen LogP contribution in [-0.4, -0.2) is 22.6 Å². The number of halogens is 1. The summed E-state index contributed by atoms with van der Waals surface area (Å²) in [4.78, 5) is 23.0. The molecule has 1 N–H and O–H groups in total. The normalized spacial score (nSPS) is 11.9. The zero-order chi connectivity index (χ0) is 16.8. The number of carbonyl (C=O) groups excluding carboxylic acids is 1. The van der Waals surface area contributed by atoms with Gasteiger partial charge in [-0.05, 0) is 28.8 Å². The molecule has 1 atom stereocenters. The number of hydrogen-bond acceptors (Lipinski definition) is 5. The number of thioether (sulfide) groups is 1. The van der Waals surface area contributed by atoms with Gasteiger partial charge in [0.25, 0.3) is 4.45 Å². The van der Waals surface area contributed by atoms with Crippen LogP contribution in [0.4, 0.5) is 4.79 Å². The molecule has 0 aromatic heterocycles. The molecule has 0 aliphatic rings. The largest absolute Gasteiger partial charge is 0.480 e.